The fraction of sp³-hybridized carbons (Fsp3) is 0.235. The van der Waals surface area contributed by atoms with Crippen LogP contribution in [0.1, 0.15) is 15.9 Å². The second-order valence-electron chi connectivity index (χ2n) is 4.49. The molecule has 0 heterocycles. The molecule has 0 saturated carbocycles. The summed E-state index contributed by atoms with van der Waals surface area (Å²) in [5.74, 6) is 1.06. The first-order valence-corrected chi connectivity index (χ1v) is 6.73. The number of ether oxygens (including phenoxy) is 4. The smallest absolute Gasteiger partial charge is 0.193 e. The molecule has 0 aliphatic heterocycles. The highest BCUT2D eigenvalue weighted by atomic mass is 16.7. The molecule has 0 spiro atoms. The van der Waals surface area contributed by atoms with E-state index in [0.29, 0.717) is 22.6 Å². The van der Waals surface area contributed by atoms with Gasteiger partial charge in [-0.1, -0.05) is 24.3 Å². The topological polar surface area (TPSA) is 54.0 Å². The molecule has 0 radical (unpaired) electrons. The summed E-state index contributed by atoms with van der Waals surface area (Å²) in [6.45, 7) is 0.274. The van der Waals surface area contributed by atoms with E-state index in [-0.39, 0.29) is 19.4 Å². The first-order chi connectivity index (χ1) is 10.7. The van der Waals surface area contributed by atoms with Crippen molar-refractivity contribution in [2.45, 2.75) is 0 Å². The molecule has 2 aromatic rings. The van der Waals surface area contributed by atoms with Crippen LogP contribution in [0, 0.1) is 0 Å². The zero-order valence-corrected chi connectivity index (χ0v) is 12.6. The third-order valence-electron chi connectivity index (χ3n) is 2.88. The van der Waals surface area contributed by atoms with E-state index in [4.69, 9.17) is 18.9 Å². The van der Waals surface area contributed by atoms with Gasteiger partial charge >= 0.3 is 0 Å². The number of benzene rings is 2. The molecule has 5 heteroatoms. The molecule has 0 aliphatic rings. The van der Waals surface area contributed by atoms with Crippen LogP contribution < -0.4 is 9.47 Å². The lowest BCUT2D eigenvalue weighted by molar-refractivity contribution is 0.0510. The van der Waals surface area contributed by atoms with Crippen LogP contribution in [0.4, 0.5) is 0 Å². The van der Waals surface area contributed by atoms with Crippen molar-refractivity contribution in [1.82, 2.24) is 0 Å². The molecule has 0 N–H and O–H groups in total. The monoisotopic (exact) mass is 302 g/mol. The van der Waals surface area contributed by atoms with Crippen molar-refractivity contribution in [3.63, 3.8) is 0 Å². The van der Waals surface area contributed by atoms with Crippen LogP contribution in [-0.2, 0) is 9.47 Å². The minimum Gasteiger partial charge on any atom is -0.468 e. The highest BCUT2D eigenvalue weighted by Crippen LogP contribution is 2.19. The van der Waals surface area contributed by atoms with E-state index >= 15 is 0 Å². The van der Waals surface area contributed by atoms with Crippen LogP contribution in [0.25, 0.3) is 0 Å². The summed E-state index contributed by atoms with van der Waals surface area (Å²) in [4.78, 5) is 12.5. The fourth-order valence-electron chi connectivity index (χ4n) is 1.87. The van der Waals surface area contributed by atoms with Crippen LogP contribution in [0.3, 0.4) is 0 Å². The van der Waals surface area contributed by atoms with Crippen LogP contribution >= 0.6 is 0 Å². The van der Waals surface area contributed by atoms with E-state index in [1.807, 2.05) is 0 Å². The van der Waals surface area contributed by atoms with Gasteiger partial charge in [0.1, 0.15) is 11.5 Å². The van der Waals surface area contributed by atoms with Gasteiger partial charge in [0.05, 0.1) is 0 Å². The Balaban J connectivity index is 2.17. The Labute approximate surface area is 129 Å². The van der Waals surface area contributed by atoms with Gasteiger partial charge in [-0.05, 0) is 24.3 Å². The molecular formula is C17H18O5. The van der Waals surface area contributed by atoms with Crippen molar-refractivity contribution in [3.05, 3.63) is 59.7 Å². The number of hydrogen-bond donors (Lipinski definition) is 0. The Hall–Kier alpha value is -2.37. The summed E-state index contributed by atoms with van der Waals surface area (Å²) in [5, 5.41) is 0. The Bertz CT molecular complexity index is 570. The first kappa shape index (κ1) is 16.0. The summed E-state index contributed by atoms with van der Waals surface area (Å²) in [7, 11) is 3.08. The maximum Gasteiger partial charge on any atom is 0.193 e. The van der Waals surface area contributed by atoms with E-state index < -0.39 is 0 Å². The summed E-state index contributed by atoms with van der Waals surface area (Å²) >= 11 is 0. The molecule has 0 fully saturated rings. The molecule has 116 valence electrons. The van der Waals surface area contributed by atoms with E-state index in [0.717, 1.165) is 0 Å². The highest BCUT2D eigenvalue weighted by molar-refractivity contribution is 6.09. The third-order valence-corrected chi connectivity index (χ3v) is 2.88. The molecule has 0 aliphatic carbocycles. The predicted octanol–water partition coefficient (Wildman–Crippen LogP) is 2.88. The maximum atomic E-state index is 12.5. The van der Waals surface area contributed by atoms with Crippen LogP contribution in [0.15, 0.2) is 48.5 Å². The number of carbonyl (C=O) groups is 1. The summed E-state index contributed by atoms with van der Waals surface area (Å²) in [6, 6.07) is 13.9. The number of methoxy groups -OCH3 is 2. The van der Waals surface area contributed by atoms with Crippen LogP contribution in [0.2, 0.25) is 0 Å². The molecule has 0 amide bonds. The van der Waals surface area contributed by atoms with Crippen molar-refractivity contribution in [2.24, 2.45) is 0 Å². The van der Waals surface area contributed by atoms with Gasteiger partial charge < -0.3 is 18.9 Å². The van der Waals surface area contributed by atoms with E-state index in [1.54, 1.807) is 62.8 Å². The zero-order chi connectivity index (χ0) is 15.8. The van der Waals surface area contributed by atoms with Gasteiger partial charge in [-0.3, -0.25) is 4.79 Å². The molecule has 22 heavy (non-hydrogen) atoms. The summed E-state index contributed by atoms with van der Waals surface area (Å²) < 4.78 is 20.4. The summed E-state index contributed by atoms with van der Waals surface area (Å²) in [6.07, 6.45) is 0. The number of rotatable bonds is 8. The van der Waals surface area contributed by atoms with Crippen molar-refractivity contribution in [3.8, 4) is 11.5 Å². The Kier molecular flexibility index (Phi) is 5.94. The van der Waals surface area contributed by atoms with Gasteiger partial charge in [-0.2, -0.15) is 0 Å². The minimum absolute atomic E-state index is 0.106. The molecule has 2 aromatic carbocycles. The Morgan fingerprint density at radius 2 is 1.27 bits per heavy atom. The van der Waals surface area contributed by atoms with Crippen LogP contribution in [-0.4, -0.2) is 33.6 Å². The molecule has 0 unspecified atom stereocenters. The molecule has 0 saturated heterocycles. The SMILES string of the molecule is COCOc1cccc(C(=O)c2cccc(OCOC)c2)c1. The second kappa shape index (κ2) is 8.17. The molecule has 0 aromatic heterocycles. The van der Waals surface area contributed by atoms with E-state index in [9.17, 15) is 4.79 Å². The lowest BCUT2D eigenvalue weighted by atomic mass is 10.0. The van der Waals surface area contributed by atoms with Crippen molar-refractivity contribution in [1.29, 1.82) is 0 Å². The lowest BCUT2D eigenvalue weighted by Gasteiger charge is -2.08. The molecule has 0 atom stereocenters. The van der Waals surface area contributed by atoms with Crippen molar-refractivity contribution < 1.29 is 23.7 Å². The van der Waals surface area contributed by atoms with E-state index in [2.05, 4.69) is 0 Å². The summed E-state index contributed by atoms with van der Waals surface area (Å²) in [5.41, 5.74) is 1.08. The third kappa shape index (κ3) is 4.31. The largest absolute Gasteiger partial charge is 0.468 e. The van der Waals surface area contributed by atoms with Gasteiger partial charge in [0.15, 0.2) is 19.4 Å². The van der Waals surface area contributed by atoms with Gasteiger partial charge in [-0.25, -0.2) is 0 Å². The van der Waals surface area contributed by atoms with Crippen molar-refractivity contribution in [2.75, 3.05) is 27.8 Å². The quantitative estimate of drug-likeness (QED) is 0.554. The zero-order valence-electron chi connectivity index (χ0n) is 12.6. The predicted molar refractivity (Wildman–Crippen MR) is 81.3 cm³/mol. The number of hydrogen-bond acceptors (Lipinski definition) is 5. The first-order valence-electron chi connectivity index (χ1n) is 6.73. The van der Waals surface area contributed by atoms with Gasteiger partial charge in [0, 0.05) is 25.3 Å². The maximum absolute atomic E-state index is 12.5. The Morgan fingerprint density at radius 1 is 0.818 bits per heavy atom. The molecule has 2 rings (SSSR count). The number of ketones is 1. The van der Waals surface area contributed by atoms with Gasteiger partial charge in [-0.15, -0.1) is 0 Å². The second-order valence-corrected chi connectivity index (χ2v) is 4.49. The normalized spacial score (nSPS) is 10.3. The molecule has 5 nitrogen and oxygen atoms in total. The molecular weight excluding hydrogens is 284 g/mol. The lowest BCUT2D eigenvalue weighted by Crippen LogP contribution is -2.04. The number of carbonyl (C=O) groups excluding carboxylic acids is 1. The molecule has 0 bridgehead atoms. The Morgan fingerprint density at radius 3 is 1.68 bits per heavy atom. The van der Waals surface area contributed by atoms with Gasteiger partial charge in [0.25, 0.3) is 0 Å². The average molecular weight is 302 g/mol. The van der Waals surface area contributed by atoms with Crippen molar-refractivity contribution >= 4 is 5.78 Å². The minimum atomic E-state index is -0.106. The van der Waals surface area contributed by atoms with E-state index in [1.165, 1.54) is 0 Å². The fourth-order valence-corrected chi connectivity index (χ4v) is 1.87. The van der Waals surface area contributed by atoms with Crippen LogP contribution in [0.5, 0.6) is 11.5 Å². The van der Waals surface area contributed by atoms with Gasteiger partial charge in [0.2, 0.25) is 0 Å². The average Bonchev–Trinajstić information content (AvgIpc) is 2.58. The standard InChI is InChI=1S/C17H18O5/c1-19-11-21-15-7-3-5-13(9-15)17(18)14-6-4-8-16(10-14)22-12-20-2/h3-10H,11-12H2,1-2H3. The highest BCUT2D eigenvalue weighted by Gasteiger charge is 2.11.